The zero-order chi connectivity index (χ0) is 16.0. The molecule has 118 valence electrons. The van der Waals surface area contributed by atoms with Gasteiger partial charge in [0.15, 0.2) is 4.90 Å². The fourth-order valence-corrected chi connectivity index (χ4v) is 3.85. The second-order valence-electron chi connectivity index (χ2n) is 4.27. The van der Waals surface area contributed by atoms with Crippen molar-refractivity contribution < 1.29 is 13.3 Å². The van der Waals surface area contributed by atoms with Gasteiger partial charge >= 0.3 is 0 Å². The highest BCUT2D eigenvalue weighted by Crippen LogP contribution is 2.27. The molecule has 0 aliphatic rings. The number of benzene rings is 1. The van der Waals surface area contributed by atoms with Gasteiger partial charge in [-0.3, -0.25) is 16.0 Å². The minimum atomic E-state index is -4.00. The number of hydrazine groups is 1. The summed E-state index contributed by atoms with van der Waals surface area (Å²) in [7, 11) is -4.00. The molecule has 8 nitrogen and oxygen atoms in total. The molecule has 0 heterocycles. The lowest BCUT2D eigenvalue weighted by atomic mass is 10.3. The van der Waals surface area contributed by atoms with Crippen LogP contribution in [0.25, 0.3) is 0 Å². The van der Waals surface area contributed by atoms with E-state index < -0.39 is 25.5 Å². The van der Waals surface area contributed by atoms with Crippen molar-refractivity contribution in [3.05, 3.63) is 28.3 Å². The number of nitrogens with two attached hydrogens (primary N) is 1. The molecule has 1 unspecified atom stereocenters. The highest BCUT2D eigenvalue weighted by atomic mass is 32.2. The molecule has 0 saturated carbocycles. The van der Waals surface area contributed by atoms with Crippen LogP contribution >= 0.6 is 11.8 Å². The van der Waals surface area contributed by atoms with Crippen LogP contribution in [0.15, 0.2) is 23.1 Å². The Balaban J connectivity index is 3.14. The normalized spacial score (nSPS) is 12.9. The van der Waals surface area contributed by atoms with Gasteiger partial charge in [0.05, 0.1) is 10.6 Å². The molecule has 0 saturated heterocycles. The molecule has 21 heavy (non-hydrogen) atoms. The Labute approximate surface area is 127 Å². The molecule has 0 bridgehead atoms. The number of nitro groups is 1. The molecule has 0 aliphatic carbocycles. The lowest BCUT2D eigenvalue weighted by Gasteiger charge is -2.14. The van der Waals surface area contributed by atoms with Gasteiger partial charge in [-0.15, -0.1) is 0 Å². The van der Waals surface area contributed by atoms with Gasteiger partial charge in [0.25, 0.3) is 5.69 Å². The highest BCUT2D eigenvalue weighted by molar-refractivity contribution is 7.99. The summed E-state index contributed by atoms with van der Waals surface area (Å²) in [6.45, 7) is 3.67. The summed E-state index contributed by atoms with van der Waals surface area (Å²) in [6.07, 6.45) is 0. The fraction of sp³-hybridized carbons (Fsp3) is 0.455. The first kappa shape index (κ1) is 17.7. The highest BCUT2D eigenvalue weighted by Gasteiger charge is 2.27. The summed E-state index contributed by atoms with van der Waals surface area (Å²) in [5.74, 6) is 6.66. The number of sulfonamides is 1. The van der Waals surface area contributed by atoms with Crippen molar-refractivity contribution >= 4 is 33.2 Å². The number of thioether (sulfide) groups is 1. The van der Waals surface area contributed by atoms with Crippen molar-refractivity contribution in [1.82, 2.24) is 4.72 Å². The average molecular weight is 334 g/mol. The van der Waals surface area contributed by atoms with Crippen LogP contribution < -0.4 is 16.0 Å². The van der Waals surface area contributed by atoms with E-state index in [9.17, 15) is 18.5 Å². The number of nitro benzene ring substituents is 1. The number of hydrogen-bond acceptors (Lipinski definition) is 7. The second kappa shape index (κ2) is 7.59. The van der Waals surface area contributed by atoms with E-state index in [0.29, 0.717) is 5.75 Å². The monoisotopic (exact) mass is 334 g/mol. The largest absolute Gasteiger partial charge is 0.324 e. The summed E-state index contributed by atoms with van der Waals surface area (Å²) < 4.78 is 27.0. The number of anilines is 1. The summed E-state index contributed by atoms with van der Waals surface area (Å²) in [5, 5.41) is 11.0. The molecule has 1 aromatic rings. The van der Waals surface area contributed by atoms with Crippen LogP contribution in [0, 0.1) is 10.1 Å². The van der Waals surface area contributed by atoms with Crippen LogP contribution in [0.1, 0.15) is 13.8 Å². The van der Waals surface area contributed by atoms with E-state index in [1.54, 1.807) is 18.7 Å². The SMILES string of the molecule is CCSCC(C)NS(=O)(=O)c1cc(NN)ccc1[N+](=O)[O-]. The van der Waals surface area contributed by atoms with Crippen molar-refractivity contribution in [1.29, 1.82) is 0 Å². The molecule has 1 aromatic carbocycles. The molecule has 0 amide bonds. The van der Waals surface area contributed by atoms with Gasteiger partial charge in [-0.2, -0.15) is 11.8 Å². The maximum atomic E-state index is 12.3. The van der Waals surface area contributed by atoms with E-state index in [4.69, 9.17) is 5.84 Å². The number of rotatable bonds is 8. The van der Waals surface area contributed by atoms with Crippen molar-refractivity contribution in [3.63, 3.8) is 0 Å². The minimum absolute atomic E-state index is 0.275. The van der Waals surface area contributed by atoms with Gasteiger partial charge in [-0.05, 0) is 24.8 Å². The first-order valence-corrected chi connectivity index (χ1v) is 8.80. The minimum Gasteiger partial charge on any atom is -0.324 e. The topological polar surface area (TPSA) is 127 Å². The lowest BCUT2D eigenvalue weighted by Crippen LogP contribution is -2.34. The predicted molar refractivity (Wildman–Crippen MR) is 83.7 cm³/mol. The van der Waals surface area contributed by atoms with E-state index in [2.05, 4.69) is 10.1 Å². The molecule has 0 spiro atoms. The maximum Gasteiger partial charge on any atom is 0.289 e. The van der Waals surface area contributed by atoms with Crippen molar-refractivity contribution in [2.24, 2.45) is 5.84 Å². The molecule has 0 radical (unpaired) electrons. The van der Waals surface area contributed by atoms with Gasteiger partial charge in [0.1, 0.15) is 0 Å². The Morgan fingerprint density at radius 1 is 1.48 bits per heavy atom. The number of nitrogen functional groups attached to an aromatic ring is 1. The number of hydrogen-bond donors (Lipinski definition) is 3. The quantitative estimate of drug-likeness (QED) is 0.371. The molecule has 4 N–H and O–H groups in total. The van der Waals surface area contributed by atoms with Gasteiger partial charge in [0.2, 0.25) is 10.0 Å². The zero-order valence-corrected chi connectivity index (χ0v) is 13.3. The Kier molecular flexibility index (Phi) is 6.40. The van der Waals surface area contributed by atoms with Gasteiger partial charge in [-0.25, -0.2) is 13.1 Å². The fourth-order valence-electron chi connectivity index (χ4n) is 1.63. The van der Waals surface area contributed by atoms with Crippen LogP contribution in [0.2, 0.25) is 0 Å². The lowest BCUT2D eigenvalue weighted by molar-refractivity contribution is -0.387. The van der Waals surface area contributed by atoms with E-state index >= 15 is 0 Å². The summed E-state index contributed by atoms with van der Waals surface area (Å²) >= 11 is 1.58. The van der Waals surface area contributed by atoms with Gasteiger partial charge in [0, 0.05) is 17.9 Å². The van der Waals surface area contributed by atoms with Crippen LogP contribution in [-0.4, -0.2) is 30.9 Å². The predicted octanol–water partition coefficient (Wildman–Crippen LogP) is 1.30. The van der Waals surface area contributed by atoms with Gasteiger partial charge < -0.3 is 5.43 Å². The third kappa shape index (κ3) is 4.84. The second-order valence-corrected chi connectivity index (χ2v) is 7.27. The molecule has 0 aliphatic heterocycles. The molecular formula is C11H18N4O4S2. The van der Waals surface area contributed by atoms with E-state index in [0.717, 1.165) is 17.9 Å². The van der Waals surface area contributed by atoms with E-state index in [1.807, 2.05) is 6.92 Å². The van der Waals surface area contributed by atoms with Crippen molar-refractivity contribution in [2.45, 2.75) is 24.8 Å². The molecule has 10 heteroatoms. The van der Waals surface area contributed by atoms with E-state index in [1.165, 1.54) is 6.07 Å². The van der Waals surface area contributed by atoms with Crippen LogP contribution in [0.4, 0.5) is 11.4 Å². The third-order valence-electron chi connectivity index (χ3n) is 2.54. The summed E-state index contributed by atoms with van der Waals surface area (Å²) in [6, 6.07) is 3.25. The zero-order valence-electron chi connectivity index (χ0n) is 11.7. The summed E-state index contributed by atoms with van der Waals surface area (Å²) in [4.78, 5) is 9.84. The Morgan fingerprint density at radius 2 is 2.14 bits per heavy atom. The molecule has 1 rings (SSSR count). The van der Waals surface area contributed by atoms with Crippen LogP contribution in [-0.2, 0) is 10.0 Å². The van der Waals surface area contributed by atoms with Crippen molar-refractivity contribution in [3.8, 4) is 0 Å². The first-order chi connectivity index (χ1) is 9.81. The van der Waals surface area contributed by atoms with Crippen LogP contribution in [0.5, 0.6) is 0 Å². The Morgan fingerprint density at radius 3 is 2.67 bits per heavy atom. The van der Waals surface area contributed by atoms with Crippen LogP contribution in [0.3, 0.4) is 0 Å². The third-order valence-corrected chi connectivity index (χ3v) is 5.30. The van der Waals surface area contributed by atoms with Gasteiger partial charge in [-0.1, -0.05) is 6.92 Å². The molecule has 0 fully saturated rings. The standard InChI is InChI=1S/C11H18N4O4S2/c1-3-20-7-8(2)14-21(18,19)11-6-9(13-12)4-5-10(11)15(16)17/h4-6,8,13-14H,3,7,12H2,1-2H3. The number of nitrogens with zero attached hydrogens (tertiary/aromatic N) is 1. The van der Waals surface area contributed by atoms with Crippen molar-refractivity contribution in [2.75, 3.05) is 16.9 Å². The smallest absolute Gasteiger partial charge is 0.289 e. The number of nitrogens with one attached hydrogen (secondary N) is 2. The Bertz CT molecular complexity index is 606. The molecule has 0 aromatic heterocycles. The molecular weight excluding hydrogens is 316 g/mol. The molecule has 1 atom stereocenters. The average Bonchev–Trinajstić information content (AvgIpc) is 2.43. The Hall–Kier alpha value is -1.36. The van der Waals surface area contributed by atoms with E-state index in [-0.39, 0.29) is 11.7 Å². The maximum absolute atomic E-state index is 12.3. The first-order valence-electron chi connectivity index (χ1n) is 6.17. The summed E-state index contributed by atoms with van der Waals surface area (Å²) in [5.41, 5.74) is 2.06.